The second-order valence-electron chi connectivity index (χ2n) is 6.25. The van der Waals surface area contributed by atoms with Crippen molar-refractivity contribution in [2.24, 2.45) is 5.92 Å². The molecule has 3 atom stereocenters. The molecule has 2 aliphatic rings. The van der Waals surface area contributed by atoms with E-state index in [4.69, 9.17) is 4.74 Å². The van der Waals surface area contributed by atoms with Crippen LogP contribution in [0.5, 0.6) is 0 Å². The van der Waals surface area contributed by atoms with Gasteiger partial charge in [-0.15, -0.1) is 0 Å². The van der Waals surface area contributed by atoms with Crippen LogP contribution in [0.25, 0.3) is 0 Å². The van der Waals surface area contributed by atoms with Crippen LogP contribution in [0, 0.1) is 5.92 Å². The Morgan fingerprint density at radius 1 is 1.24 bits per heavy atom. The highest BCUT2D eigenvalue weighted by atomic mass is 16.5. The smallest absolute Gasteiger partial charge is 0.0672 e. The Labute approximate surface area is 105 Å². The first-order chi connectivity index (χ1) is 8.13. The molecule has 2 rings (SSSR count). The van der Waals surface area contributed by atoms with Crippen LogP contribution in [0.3, 0.4) is 0 Å². The molecule has 0 heterocycles. The van der Waals surface area contributed by atoms with Gasteiger partial charge in [0.1, 0.15) is 0 Å². The predicted octanol–water partition coefficient (Wildman–Crippen LogP) is 2.08. The van der Waals surface area contributed by atoms with E-state index in [1.165, 1.54) is 38.5 Å². The third-order valence-corrected chi connectivity index (χ3v) is 4.13. The number of aliphatic hydroxyl groups excluding tert-OH is 1. The van der Waals surface area contributed by atoms with E-state index in [0.717, 1.165) is 0 Å². The summed E-state index contributed by atoms with van der Waals surface area (Å²) in [5.41, 5.74) is -0.252. The van der Waals surface area contributed by atoms with Gasteiger partial charge in [0.25, 0.3) is 0 Å². The fraction of sp³-hybridized carbons (Fsp3) is 1.00. The van der Waals surface area contributed by atoms with Crippen molar-refractivity contribution in [1.82, 2.24) is 5.32 Å². The van der Waals surface area contributed by atoms with Gasteiger partial charge in [-0.25, -0.2) is 0 Å². The maximum atomic E-state index is 9.51. The largest absolute Gasteiger partial charge is 0.394 e. The van der Waals surface area contributed by atoms with Crippen molar-refractivity contribution in [3.63, 3.8) is 0 Å². The Hall–Kier alpha value is -0.120. The van der Waals surface area contributed by atoms with Crippen LogP contribution in [0.15, 0.2) is 0 Å². The molecule has 2 N–H and O–H groups in total. The molecule has 0 amide bonds. The Balaban J connectivity index is 1.77. The Bertz CT molecular complexity index is 242. The topological polar surface area (TPSA) is 41.5 Å². The van der Waals surface area contributed by atoms with Crippen LogP contribution >= 0.6 is 0 Å². The third-order valence-electron chi connectivity index (χ3n) is 4.13. The van der Waals surface area contributed by atoms with Crippen LogP contribution in [-0.4, -0.2) is 36.0 Å². The van der Waals surface area contributed by atoms with E-state index in [2.05, 4.69) is 19.2 Å². The maximum absolute atomic E-state index is 9.51. The number of hydrogen-bond acceptors (Lipinski definition) is 3. The van der Waals surface area contributed by atoms with Crippen molar-refractivity contribution in [3.05, 3.63) is 0 Å². The molecule has 17 heavy (non-hydrogen) atoms. The van der Waals surface area contributed by atoms with Crippen molar-refractivity contribution in [2.45, 2.75) is 70.1 Å². The molecule has 3 unspecified atom stereocenters. The quantitative estimate of drug-likeness (QED) is 0.748. The molecular formula is C14H27NO2. The maximum Gasteiger partial charge on any atom is 0.0672 e. The normalized spacial score (nSPS) is 33.4. The zero-order valence-electron chi connectivity index (χ0n) is 11.2. The Morgan fingerprint density at radius 3 is 2.53 bits per heavy atom. The highest BCUT2D eigenvalue weighted by Crippen LogP contribution is 2.28. The second-order valence-corrected chi connectivity index (χ2v) is 6.25. The van der Waals surface area contributed by atoms with Crippen LogP contribution in [0.1, 0.15) is 52.4 Å². The Kier molecular flexibility index (Phi) is 4.45. The molecule has 2 saturated carbocycles. The summed E-state index contributed by atoms with van der Waals surface area (Å²) in [7, 11) is 0. The van der Waals surface area contributed by atoms with Gasteiger partial charge in [-0.05, 0) is 38.5 Å². The average molecular weight is 241 g/mol. The summed E-state index contributed by atoms with van der Waals surface area (Å²) in [5, 5.41) is 13.0. The monoisotopic (exact) mass is 241 g/mol. The molecule has 0 bridgehead atoms. The van der Waals surface area contributed by atoms with E-state index in [-0.39, 0.29) is 12.1 Å². The molecule has 0 aromatic carbocycles. The van der Waals surface area contributed by atoms with Crippen LogP contribution in [0.4, 0.5) is 0 Å². The summed E-state index contributed by atoms with van der Waals surface area (Å²) in [5.74, 6) is 0.674. The van der Waals surface area contributed by atoms with E-state index in [1.807, 2.05) is 0 Å². The zero-order valence-corrected chi connectivity index (χ0v) is 11.2. The molecule has 0 aliphatic heterocycles. The minimum absolute atomic E-state index is 0.157. The van der Waals surface area contributed by atoms with Crippen molar-refractivity contribution in [1.29, 1.82) is 0 Å². The fourth-order valence-corrected chi connectivity index (χ4v) is 2.67. The lowest BCUT2D eigenvalue weighted by molar-refractivity contribution is -0.0426. The molecule has 2 aliphatic carbocycles. The van der Waals surface area contributed by atoms with Gasteiger partial charge in [-0.1, -0.05) is 19.8 Å². The molecule has 0 radical (unpaired) electrons. The van der Waals surface area contributed by atoms with Gasteiger partial charge in [0.15, 0.2) is 0 Å². The highest BCUT2D eigenvalue weighted by molar-refractivity contribution is 4.92. The summed E-state index contributed by atoms with van der Waals surface area (Å²) < 4.78 is 6.06. The lowest BCUT2D eigenvalue weighted by Gasteiger charge is -2.34. The van der Waals surface area contributed by atoms with Gasteiger partial charge < -0.3 is 15.2 Å². The lowest BCUT2D eigenvalue weighted by Crippen LogP contribution is -2.51. The summed E-state index contributed by atoms with van der Waals surface area (Å²) in [4.78, 5) is 0. The van der Waals surface area contributed by atoms with E-state index >= 15 is 0 Å². The van der Waals surface area contributed by atoms with Crippen LogP contribution in [-0.2, 0) is 4.74 Å². The molecule has 3 heteroatoms. The highest BCUT2D eigenvalue weighted by Gasteiger charge is 2.33. The van der Waals surface area contributed by atoms with Gasteiger partial charge >= 0.3 is 0 Å². The SMILES string of the molecule is CC1CCCCC1OCC(C)(CO)NC1CC1. The average Bonchev–Trinajstić information content (AvgIpc) is 3.12. The van der Waals surface area contributed by atoms with E-state index in [1.54, 1.807) is 0 Å². The predicted molar refractivity (Wildman–Crippen MR) is 69.0 cm³/mol. The number of nitrogens with one attached hydrogen (secondary N) is 1. The molecule has 2 fully saturated rings. The first-order valence-corrected chi connectivity index (χ1v) is 7.13. The van der Waals surface area contributed by atoms with Crippen molar-refractivity contribution in [2.75, 3.05) is 13.2 Å². The number of hydrogen-bond donors (Lipinski definition) is 2. The van der Waals surface area contributed by atoms with E-state index in [0.29, 0.717) is 24.7 Å². The Morgan fingerprint density at radius 2 is 1.94 bits per heavy atom. The summed E-state index contributed by atoms with van der Waals surface area (Å²) in [6, 6.07) is 0.611. The first kappa shape index (κ1) is 13.3. The fourth-order valence-electron chi connectivity index (χ4n) is 2.67. The van der Waals surface area contributed by atoms with Crippen molar-refractivity contribution >= 4 is 0 Å². The van der Waals surface area contributed by atoms with Gasteiger partial charge in [0.2, 0.25) is 0 Å². The summed E-state index contributed by atoms with van der Waals surface area (Å²) in [6.07, 6.45) is 8.00. The molecule has 0 spiro atoms. The standard InChI is InChI=1S/C14H27NO2/c1-11-5-3-4-6-13(11)17-10-14(2,9-16)15-12-7-8-12/h11-13,15-16H,3-10H2,1-2H3. The minimum atomic E-state index is -0.252. The molecule has 0 aromatic rings. The van der Waals surface area contributed by atoms with Crippen LogP contribution in [0.2, 0.25) is 0 Å². The van der Waals surface area contributed by atoms with Gasteiger partial charge in [-0.2, -0.15) is 0 Å². The second kappa shape index (κ2) is 5.68. The molecule has 3 nitrogen and oxygen atoms in total. The number of ether oxygens (including phenoxy) is 1. The third kappa shape index (κ3) is 3.94. The van der Waals surface area contributed by atoms with Crippen LogP contribution < -0.4 is 5.32 Å². The van der Waals surface area contributed by atoms with Gasteiger partial charge in [0.05, 0.1) is 24.9 Å². The summed E-state index contributed by atoms with van der Waals surface area (Å²) in [6.45, 7) is 5.15. The lowest BCUT2D eigenvalue weighted by atomic mass is 9.88. The molecular weight excluding hydrogens is 214 g/mol. The number of aliphatic hydroxyl groups is 1. The first-order valence-electron chi connectivity index (χ1n) is 7.13. The van der Waals surface area contributed by atoms with E-state index in [9.17, 15) is 5.11 Å². The van der Waals surface area contributed by atoms with E-state index < -0.39 is 0 Å². The minimum Gasteiger partial charge on any atom is -0.394 e. The molecule has 0 aromatic heterocycles. The molecule has 100 valence electrons. The van der Waals surface area contributed by atoms with Gasteiger partial charge in [0, 0.05) is 6.04 Å². The molecule has 0 saturated heterocycles. The summed E-state index contributed by atoms with van der Waals surface area (Å²) >= 11 is 0. The zero-order chi connectivity index (χ0) is 12.3. The van der Waals surface area contributed by atoms with Crippen molar-refractivity contribution < 1.29 is 9.84 Å². The number of rotatable bonds is 6. The van der Waals surface area contributed by atoms with Crippen molar-refractivity contribution in [3.8, 4) is 0 Å². The van der Waals surface area contributed by atoms with Gasteiger partial charge in [-0.3, -0.25) is 0 Å².